The maximum atomic E-state index is 11.8. The number of quaternary nitrogens is 1. The van der Waals surface area contributed by atoms with Crippen LogP contribution in [0.15, 0.2) is 30.3 Å². The Morgan fingerprint density at radius 3 is 2.92 bits per heavy atom. The first-order chi connectivity index (χ1) is 11.6. The molecule has 2 heterocycles. The second kappa shape index (κ2) is 7.50. The molecule has 1 N–H and O–H groups in total. The third kappa shape index (κ3) is 3.55. The molecule has 2 atom stereocenters. The van der Waals surface area contributed by atoms with Gasteiger partial charge in [0.05, 0.1) is 13.7 Å². The van der Waals surface area contributed by atoms with Crippen LogP contribution in [-0.2, 0) is 23.2 Å². The third-order valence-electron chi connectivity index (χ3n) is 4.16. The van der Waals surface area contributed by atoms with Crippen LogP contribution in [0.2, 0.25) is 0 Å². The summed E-state index contributed by atoms with van der Waals surface area (Å²) in [5.74, 6) is 1.64. The maximum Gasteiger partial charge on any atom is 0.324 e. The predicted molar refractivity (Wildman–Crippen MR) is 96.4 cm³/mol. The van der Waals surface area contributed by atoms with Crippen LogP contribution in [0.4, 0.5) is 0 Å². The van der Waals surface area contributed by atoms with Gasteiger partial charge < -0.3 is 14.2 Å². The van der Waals surface area contributed by atoms with E-state index in [0.717, 1.165) is 30.2 Å². The van der Waals surface area contributed by atoms with Crippen molar-refractivity contribution in [1.82, 2.24) is 14.3 Å². The molecule has 1 aromatic carbocycles. The van der Waals surface area contributed by atoms with Crippen LogP contribution in [0.25, 0.3) is 11.4 Å². The van der Waals surface area contributed by atoms with Crippen molar-refractivity contribution in [2.75, 3.05) is 26.0 Å². The highest BCUT2D eigenvalue weighted by molar-refractivity contribution is 8.00. The molecule has 0 radical (unpaired) electrons. The zero-order valence-corrected chi connectivity index (χ0v) is 15.4. The van der Waals surface area contributed by atoms with E-state index in [2.05, 4.69) is 0 Å². The summed E-state index contributed by atoms with van der Waals surface area (Å²) in [7, 11) is 3.38. The van der Waals surface area contributed by atoms with Crippen LogP contribution in [0, 0.1) is 4.77 Å². The van der Waals surface area contributed by atoms with E-state index in [1.165, 1.54) is 12.0 Å². The Labute approximate surface area is 150 Å². The zero-order valence-electron chi connectivity index (χ0n) is 13.8. The lowest BCUT2D eigenvalue weighted by molar-refractivity contribution is -0.921. The molecule has 6 nitrogen and oxygen atoms in total. The van der Waals surface area contributed by atoms with Gasteiger partial charge in [0.15, 0.2) is 17.7 Å². The van der Waals surface area contributed by atoms with Crippen molar-refractivity contribution in [2.24, 2.45) is 7.05 Å². The van der Waals surface area contributed by atoms with Crippen LogP contribution in [0.1, 0.15) is 0 Å². The van der Waals surface area contributed by atoms with E-state index >= 15 is 0 Å². The summed E-state index contributed by atoms with van der Waals surface area (Å²) >= 11 is 7.20. The monoisotopic (exact) mass is 365 g/mol. The molecule has 128 valence electrons. The molecule has 24 heavy (non-hydrogen) atoms. The summed E-state index contributed by atoms with van der Waals surface area (Å²) in [6.45, 7) is 2.38. The summed E-state index contributed by atoms with van der Waals surface area (Å²) in [4.78, 5) is 13.1. The molecule has 3 rings (SSSR count). The Morgan fingerprint density at radius 2 is 2.21 bits per heavy atom. The molecule has 2 aromatic rings. The minimum absolute atomic E-state index is 0.106. The SMILES string of the molecule is COC(=O)[C@H]1C[NH+](Cn2nc(-c3ccccc3)n(C)c2=S)CCS1. The first-order valence-corrected chi connectivity index (χ1v) is 9.28. The average molecular weight is 366 g/mol. The molecular formula is C16H21N4O2S2+. The van der Waals surface area contributed by atoms with E-state index < -0.39 is 0 Å². The standard InChI is InChI=1S/C16H20N4O2S2/c1-18-14(12-6-4-3-5-7-12)17-20(16(18)23)11-19-8-9-24-13(10-19)15(21)22-2/h3-7,13H,8-11H2,1-2H3/p+1/t13-/m1/s1. The molecule has 1 aliphatic rings. The van der Waals surface area contributed by atoms with Crippen LogP contribution in [0.3, 0.4) is 0 Å². The van der Waals surface area contributed by atoms with Crippen LogP contribution in [0.5, 0.6) is 0 Å². The number of carbonyl (C=O) groups is 1. The minimum atomic E-state index is -0.146. The van der Waals surface area contributed by atoms with Crippen molar-refractivity contribution in [3.05, 3.63) is 35.1 Å². The summed E-state index contributed by atoms with van der Waals surface area (Å²) in [6, 6.07) is 10.0. The quantitative estimate of drug-likeness (QED) is 0.640. The Morgan fingerprint density at radius 1 is 1.46 bits per heavy atom. The van der Waals surface area contributed by atoms with Crippen molar-refractivity contribution in [1.29, 1.82) is 0 Å². The van der Waals surface area contributed by atoms with Gasteiger partial charge >= 0.3 is 5.97 Å². The second-order valence-electron chi connectivity index (χ2n) is 5.78. The van der Waals surface area contributed by atoms with Gasteiger partial charge in [-0.2, -0.15) is 4.68 Å². The molecular weight excluding hydrogens is 344 g/mol. The smallest absolute Gasteiger partial charge is 0.324 e. The Balaban J connectivity index is 1.79. The van der Waals surface area contributed by atoms with Gasteiger partial charge in [0.25, 0.3) is 0 Å². The van der Waals surface area contributed by atoms with E-state index in [1.54, 1.807) is 11.8 Å². The molecule has 1 aromatic heterocycles. The van der Waals surface area contributed by atoms with Gasteiger partial charge in [-0.15, -0.1) is 16.9 Å². The number of hydrogen-bond donors (Lipinski definition) is 1. The summed E-state index contributed by atoms with van der Waals surface area (Å²) in [5.41, 5.74) is 1.04. The molecule has 8 heteroatoms. The fourth-order valence-corrected chi connectivity index (χ4v) is 4.31. The number of thioether (sulfide) groups is 1. The fourth-order valence-electron chi connectivity index (χ4n) is 2.84. The highest BCUT2D eigenvalue weighted by Crippen LogP contribution is 2.16. The van der Waals surface area contributed by atoms with E-state index in [1.807, 2.05) is 46.6 Å². The van der Waals surface area contributed by atoms with E-state index in [9.17, 15) is 4.79 Å². The van der Waals surface area contributed by atoms with Crippen LogP contribution < -0.4 is 4.90 Å². The van der Waals surface area contributed by atoms with Gasteiger partial charge in [-0.3, -0.25) is 4.79 Å². The summed E-state index contributed by atoms with van der Waals surface area (Å²) in [5, 5.41) is 4.59. The number of esters is 1. The van der Waals surface area contributed by atoms with E-state index in [4.69, 9.17) is 22.1 Å². The molecule has 1 aliphatic heterocycles. The maximum absolute atomic E-state index is 11.8. The molecule has 1 saturated heterocycles. The number of hydrogen-bond acceptors (Lipinski definition) is 5. The van der Waals surface area contributed by atoms with Crippen LogP contribution >= 0.6 is 24.0 Å². The molecule has 0 amide bonds. The molecule has 1 fully saturated rings. The molecule has 0 bridgehead atoms. The second-order valence-corrected chi connectivity index (χ2v) is 7.45. The van der Waals surface area contributed by atoms with Crippen molar-refractivity contribution in [2.45, 2.75) is 11.9 Å². The molecule has 1 unspecified atom stereocenters. The van der Waals surface area contributed by atoms with E-state index in [-0.39, 0.29) is 11.2 Å². The van der Waals surface area contributed by atoms with Gasteiger partial charge in [-0.1, -0.05) is 30.3 Å². The third-order valence-corrected chi connectivity index (χ3v) is 5.84. The number of methoxy groups -OCH3 is 1. The number of carbonyl (C=O) groups excluding carboxylic acids is 1. The minimum Gasteiger partial charge on any atom is -0.468 e. The largest absolute Gasteiger partial charge is 0.468 e. The molecule has 0 saturated carbocycles. The van der Waals surface area contributed by atoms with Crippen molar-refractivity contribution in [3.8, 4) is 11.4 Å². The van der Waals surface area contributed by atoms with Crippen molar-refractivity contribution >= 4 is 29.9 Å². The van der Waals surface area contributed by atoms with Gasteiger partial charge in [0.1, 0.15) is 6.54 Å². The lowest BCUT2D eigenvalue weighted by Gasteiger charge is -2.27. The average Bonchev–Trinajstić information content (AvgIpc) is 2.90. The highest BCUT2D eigenvalue weighted by atomic mass is 32.2. The lowest BCUT2D eigenvalue weighted by atomic mass is 10.2. The van der Waals surface area contributed by atoms with Gasteiger partial charge in [-0.25, -0.2) is 0 Å². The van der Waals surface area contributed by atoms with Crippen molar-refractivity contribution in [3.63, 3.8) is 0 Å². The summed E-state index contributed by atoms with van der Waals surface area (Å²) < 4.78 is 9.35. The highest BCUT2D eigenvalue weighted by Gasteiger charge is 2.30. The van der Waals surface area contributed by atoms with Gasteiger partial charge in [0, 0.05) is 18.4 Å². The Bertz CT molecular complexity index is 772. The normalized spacial score (nSPS) is 20.8. The molecule has 0 spiro atoms. The van der Waals surface area contributed by atoms with Gasteiger partial charge in [0.2, 0.25) is 4.77 Å². The Kier molecular flexibility index (Phi) is 5.37. The van der Waals surface area contributed by atoms with Crippen molar-refractivity contribution < 1.29 is 14.4 Å². The molecule has 0 aliphatic carbocycles. The predicted octanol–water partition coefficient (Wildman–Crippen LogP) is 0.749. The number of nitrogens with one attached hydrogen (secondary N) is 1. The van der Waals surface area contributed by atoms with E-state index in [0.29, 0.717) is 11.4 Å². The topological polar surface area (TPSA) is 53.5 Å². The number of aromatic nitrogens is 3. The number of benzene rings is 1. The zero-order chi connectivity index (χ0) is 17.1. The van der Waals surface area contributed by atoms with Crippen LogP contribution in [-0.4, -0.2) is 51.5 Å². The number of nitrogens with zero attached hydrogens (tertiary/aromatic N) is 3. The van der Waals surface area contributed by atoms with Gasteiger partial charge in [-0.05, 0) is 12.2 Å². The Hall–Kier alpha value is -1.64. The first kappa shape index (κ1) is 17.2. The summed E-state index contributed by atoms with van der Waals surface area (Å²) in [6.07, 6.45) is 0. The lowest BCUT2D eigenvalue weighted by Crippen LogP contribution is -3.14. The first-order valence-electron chi connectivity index (χ1n) is 7.82. The number of ether oxygens (including phenoxy) is 1. The fraction of sp³-hybridized carbons (Fsp3) is 0.438. The number of rotatable bonds is 4.